The average Bonchev–Trinajstić information content (AvgIpc) is 2.77. The lowest BCUT2D eigenvalue weighted by Gasteiger charge is -2.37. The lowest BCUT2D eigenvalue weighted by molar-refractivity contribution is -0.0558. The zero-order valence-electron chi connectivity index (χ0n) is 10.6. The van der Waals surface area contributed by atoms with Crippen LogP contribution >= 0.6 is 0 Å². The van der Waals surface area contributed by atoms with Crippen LogP contribution in [0.1, 0.15) is 38.5 Å². The Balaban J connectivity index is 1.64. The average molecular weight is 226 g/mol. The van der Waals surface area contributed by atoms with Gasteiger partial charge < -0.3 is 10.1 Å². The minimum absolute atomic E-state index is 0.561. The van der Waals surface area contributed by atoms with Crippen LogP contribution in [0.5, 0.6) is 0 Å². The molecule has 0 aromatic heterocycles. The van der Waals surface area contributed by atoms with Crippen molar-refractivity contribution in [3.8, 4) is 0 Å². The van der Waals surface area contributed by atoms with E-state index in [1.165, 1.54) is 45.1 Å². The molecule has 2 unspecified atom stereocenters. The molecular formula is C13H26N2O. The van der Waals surface area contributed by atoms with Crippen molar-refractivity contribution in [3.63, 3.8) is 0 Å². The topological polar surface area (TPSA) is 24.5 Å². The van der Waals surface area contributed by atoms with E-state index in [9.17, 15) is 0 Å². The van der Waals surface area contributed by atoms with Gasteiger partial charge in [0, 0.05) is 12.6 Å². The van der Waals surface area contributed by atoms with E-state index in [-0.39, 0.29) is 0 Å². The highest BCUT2D eigenvalue weighted by molar-refractivity contribution is 4.89. The Hall–Kier alpha value is -0.120. The molecule has 0 amide bonds. The molecule has 1 N–H and O–H groups in total. The maximum atomic E-state index is 5.83. The van der Waals surface area contributed by atoms with Crippen LogP contribution in [-0.4, -0.2) is 50.3 Å². The number of morpholine rings is 1. The molecular weight excluding hydrogens is 200 g/mol. The number of nitrogens with one attached hydrogen (secondary N) is 1. The van der Waals surface area contributed by atoms with Crippen molar-refractivity contribution < 1.29 is 4.74 Å². The molecule has 2 rings (SSSR count). The predicted molar refractivity (Wildman–Crippen MR) is 66.7 cm³/mol. The third-order valence-electron chi connectivity index (χ3n) is 3.97. The summed E-state index contributed by atoms with van der Waals surface area (Å²) in [7, 11) is 2.03. The van der Waals surface area contributed by atoms with E-state index in [4.69, 9.17) is 4.74 Å². The Labute approximate surface area is 99.5 Å². The number of fused-ring (bicyclic) bond motifs is 1. The fourth-order valence-corrected chi connectivity index (χ4v) is 3.08. The van der Waals surface area contributed by atoms with Gasteiger partial charge in [-0.1, -0.05) is 6.42 Å². The van der Waals surface area contributed by atoms with Crippen molar-refractivity contribution in [1.29, 1.82) is 0 Å². The molecule has 0 bridgehead atoms. The largest absolute Gasteiger partial charge is 0.375 e. The van der Waals surface area contributed by atoms with Gasteiger partial charge in [-0.15, -0.1) is 0 Å². The Morgan fingerprint density at radius 2 is 2.19 bits per heavy atom. The summed E-state index contributed by atoms with van der Waals surface area (Å²) >= 11 is 0. The van der Waals surface area contributed by atoms with Gasteiger partial charge in [-0.2, -0.15) is 0 Å². The second kappa shape index (κ2) is 6.58. The van der Waals surface area contributed by atoms with E-state index in [0.717, 1.165) is 25.7 Å². The van der Waals surface area contributed by atoms with Crippen LogP contribution in [-0.2, 0) is 4.74 Å². The van der Waals surface area contributed by atoms with Crippen LogP contribution in [0.15, 0.2) is 0 Å². The number of rotatable bonds is 6. The van der Waals surface area contributed by atoms with E-state index in [0.29, 0.717) is 6.10 Å². The summed E-state index contributed by atoms with van der Waals surface area (Å²) in [5.74, 6) is 0. The Kier molecular flexibility index (Phi) is 5.07. The van der Waals surface area contributed by atoms with Crippen molar-refractivity contribution in [2.24, 2.45) is 0 Å². The summed E-state index contributed by atoms with van der Waals surface area (Å²) in [6.45, 7) is 4.56. The van der Waals surface area contributed by atoms with Gasteiger partial charge in [0.1, 0.15) is 0 Å². The molecule has 0 spiro atoms. The van der Waals surface area contributed by atoms with Gasteiger partial charge in [0.05, 0.1) is 12.7 Å². The second-order valence-electron chi connectivity index (χ2n) is 5.11. The first-order chi connectivity index (χ1) is 7.92. The standard InChI is InChI=1S/C13H26N2O/c1-14-8-3-2-4-9-15-10-11-16-13-7-5-6-12(13)15/h12-14H,2-11H2,1H3. The van der Waals surface area contributed by atoms with Crippen molar-refractivity contribution in [2.45, 2.75) is 50.7 Å². The molecule has 2 atom stereocenters. The molecule has 1 aliphatic heterocycles. The van der Waals surface area contributed by atoms with Gasteiger partial charge >= 0.3 is 0 Å². The van der Waals surface area contributed by atoms with Gasteiger partial charge in [-0.25, -0.2) is 0 Å². The summed E-state index contributed by atoms with van der Waals surface area (Å²) in [4.78, 5) is 2.68. The number of hydrogen-bond acceptors (Lipinski definition) is 3. The second-order valence-corrected chi connectivity index (χ2v) is 5.11. The lowest BCUT2D eigenvalue weighted by atomic mass is 10.1. The zero-order chi connectivity index (χ0) is 11.2. The molecule has 1 saturated heterocycles. The molecule has 1 saturated carbocycles. The van der Waals surface area contributed by atoms with E-state index in [1.807, 2.05) is 7.05 Å². The molecule has 1 heterocycles. The highest BCUT2D eigenvalue weighted by Gasteiger charge is 2.35. The van der Waals surface area contributed by atoms with Crippen LogP contribution in [0.3, 0.4) is 0 Å². The molecule has 2 fully saturated rings. The summed E-state index contributed by atoms with van der Waals surface area (Å²) in [5, 5.41) is 3.21. The van der Waals surface area contributed by atoms with E-state index < -0.39 is 0 Å². The van der Waals surface area contributed by atoms with Gasteiger partial charge in [-0.05, 0) is 52.2 Å². The number of nitrogens with zero attached hydrogens (tertiary/aromatic N) is 1. The fourth-order valence-electron chi connectivity index (χ4n) is 3.08. The van der Waals surface area contributed by atoms with Crippen LogP contribution in [0.4, 0.5) is 0 Å². The predicted octanol–water partition coefficient (Wildman–Crippen LogP) is 1.63. The van der Waals surface area contributed by atoms with E-state index >= 15 is 0 Å². The van der Waals surface area contributed by atoms with E-state index in [1.54, 1.807) is 0 Å². The molecule has 16 heavy (non-hydrogen) atoms. The Morgan fingerprint density at radius 3 is 3.06 bits per heavy atom. The van der Waals surface area contributed by atoms with E-state index in [2.05, 4.69) is 10.2 Å². The lowest BCUT2D eigenvalue weighted by Crippen LogP contribution is -2.48. The molecule has 0 aromatic rings. The van der Waals surface area contributed by atoms with Gasteiger partial charge in [0.2, 0.25) is 0 Å². The van der Waals surface area contributed by atoms with Crippen molar-refractivity contribution >= 4 is 0 Å². The Bertz CT molecular complexity index is 198. The first-order valence-electron chi connectivity index (χ1n) is 6.92. The highest BCUT2D eigenvalue weighted by Crippen LogP contribution is 2.29. The molecule has 3 nitrogen and oxygen atoms in total. The molecule has 94 valence electrons. The minimum Gasteiger partial charge on any atom is -0.375 e. The number of ether oxygens (including phenoxy) is 1. The van der Waals surface area contributed by atoms with Gasteiger partial charge in [-0.3, -0.25) is 4.90 Å². The summed E-state index contributed by atoms with van der Waals surface area (Å²) in [6, 6.07) is 0.748. The molecule has 0 aromatic carbocycles. The van der Waals surface area contributed by atoms with Crippen LogP contribution < -0.4 is 5.32 Å². The third-order valence-corrected chi connectivity index (χ3v) is 3.97. The SMILES string of the molecule is CNCCCCCN1CCOC2CCCC21. The maximum absolute atomic E-state index is 5.83. The molecule has 1 aliphatic carbocycles. The number of unbranched alkanes of at least 4 members (excludes halogenated alkanes) is 2. The van der Waals surface area contributed by atoms with Gasteiger partial charge in [0.25, 0.3) is 0 Å². The molecule has 0 radical (unpaired) electrons. The van der Waals surface area contributed by atoms with Crippen LogP contribution in [0, 0.1) is 0 Å². The first kappa shape index (κ1) is 12.3. The fraction of sp³-hybridized carbons (Fsp3) is 1.00. The van der Waals surface area contributed by atoms with Crippen LogP contribution in [0.25, 0.3) is 0 Å². The first-order valence-corrected chi connectivity index (χ1v) is 6.92. The smallest absolute Gasteiger partial charge is 0.0730 e. The molecule has 3 heteroatoms. The number of hydrogen-bond donors (Lipinski definition) is 1. The summed E-state index contributed by atoms with van der Waals surface area (Å²) in [6.07, 6.45) is 8.61. The van der Waals surface area contributed by atoms with Crippen molar-refractivity contribution in [3.05, 3.63) is 0 Å². The minimum atomic E-state index is 0.561. The monoisotopic (exact) mass is 226 g/mol. The highest BCUT2D eigenvalue weighted by atomic mass is 16.5. The quantitative estimate of drug-likeness (QED) is 0.697. The zero-order valence-corrected chi connectivity index (χ0v) is 10.6. The summed E-state index contributed by atoms with van der Waals surface area (Å²) in [5.41, 5.74) is 0. The van der Waals surface area contributed by atoms with Gasteiger partial charge in [0.15, 0.2) is 0 Å². The van der Waals surface area contributed by atoms with Crippen molar-refractivity contribution in [2.75, 3.05) is 33.3 Å². The van der Waals surface area contributed by atoms with Crippen molar-refractivity contribution in [1.82, 2.24) is 10.2 Å². The molecule has 2 aliphatic rings. The Morgan fingerprint density at radius 1 is 1.25 bits per heavy atom. The normalized spacial score (nSPS) is 30.6. The summed E-state index contributed by atoms with van der Waals surface area (Å²) < 4.78 is 5.83. The third kappa shape index (κ3) is 3.19. The maximum Gasteiger partial charge on any atom is 0.0730 e. The van der Waals surface area contributed by atoms with Crippen LogP contribution in [0.2, 0.25) is 0 Å².